The number of thiophene rings is 1. The van der Waals surface area contributed by atoms with Gasteiger partial charge in [0.25, 0.3) is 5.89 Å². The highest BCUT2D eigenvalue weighted by atomic mass is 32.1. The number of rotatable bonds is 5. The molecule has 5 nitrogen and oxygen atoms in total. The van der Waals surface area contributed by atoms with E-state index in [1.54, 1.807) is 7.11 Å². The lowest BCUT2D eigenvalue weighted by atomic mass is 9.99. The molecular weight excluding hydrogens is 370 g/mol. The molecule has 0 bridgehead atoms. The Bertz CT molecular complexity index is 941. The van der Waals surface area contributed by atoms with Crippen LogP contribution in [0.25, 0.3) is 10.8 Å². The third-order valence-corrected chi connectivity index (χ3v) is 7.08. The molecule has 3 heterocycles. The van der Waals surface area contributed by atoms with Crippen molar-refractivity contribution >= 4 is 11.3 Å². The van der Waals surface area contributed by atoms with Gasteiger partial charge in [0.05, 0.1) is 18.5 Å². The lowest BCUT2D eigenvalue weighted by Gasteiger charge is -2.23. The van der Waals surface area contributed by atoms with E-state index in [1.807, 2.05) is 17.4 Å². The summed E-state index contributed by atoms with van der Waals surface area (Å²) in [6.45, 7) is 1.74. The van der Waals surface area contributed by atoms with Crippen molar-refractivity contribution in [3.05, 3.63) is 52.2 Å². The van der Waals surface area contributed by atoms with Gasteiger partial charge in [0.2, 0.25) is 5.89 Å². The number of benzene rings is 1. The SMILES string of the molecule is COc1cccc(C2CCCN2Cc2nnc(-c3cc4c(s3)CCCC4)o2)c1. The highest BCUT2D eigenvalue weighted by molar-refractivity contribution is 7.15. The van der Waals surface area contributed by atoms with Gasteiger partial charge in [0.15, 0.2) is 0 Å². The monoisotopic (exact) mass is 395 g/mol. The van der Waals surface area contributed by atoms with Crippen LogP contribution < -0.4 is 4.74 Å². The molecule has 0 amide bonds. The standard InChI is InChI=1S/C22H25N3O2S/c1-26-17-8-4-7-15(12-17)18-9-5-11-25(18)14-21-23-24-22(27-21)20-13-16-6-2-3-10-19(16)28-20/h4,7-8,12-13,18H,2-3,5-6,9-11,14H2,1H3. The topological polar surface area (TPSA) is 51.4 Å². The summed E-state index contributed by atoms with van der Waals surface area (Å²) in [5.41, 5.74) is 2.77. The molecule has 3 aromatic rings. The van der Waals surface area contributed by atoms with Crippen LogP contribution in [0, 0.1) is 0 Å². The van der Waals surface area contributed by atoms with Gasteiger partial charge >= 0.3 is 0 Å². The molecule has 1 atom stereocenters. The van der Waals surface area contributed by atoms with Gasteiger partial charge < -0.3 is 9.15 Å². The zero-order chi connectivity index (χ0) is 18.9. The number of ether oxygens (including phenoxy) is 1. The molecule has 0 N–H and O–H groups in total. The predicted molar refractivity (Wildman–Crippen MR) is 110 cm³/mol. The van der Waals surface area contributed by atoms with E-state index in [0.717, 1.165) is 23.6 Å². The molecule has 146 valence electrons. The zero-order valence-electron chi connectivity index (χ0n) is 16.2. The second kappa shape index (κ2) is 7.68. The van der Waals surface area contributed by atoms with E-state index >= 15 is 0 Å². The number of hydrogen-bond donors (Lipinski definition) is 0. The summed E-state index contributed by atoms with van der Waals surface area (Å²) < 4.78 is 11.5. The highest BCUT2D eigenvalue weighted by Gasteiger charge is 2.28. The number of methoxy groups -OCH3 is 1. The number of aryl methyl sites for hydroxylation is 2. The van der Waals surface area contributed by atoms with Crippen LogP contribution in [-0.2, 0) is 19.4 Å². The largest absolute Gasteiger partial charge is 0.497 e. The van der Waals surface area contributed by atoms with E-state index in [1.165, 1.54) is 48.1 Å². The van der Waals surface area contributed by atoms with Gasteiger partial charge in [-0.2, -0.15) is 0 Å². The summed E-state index contributed by atoms with van der Waals surface area (Å²) in [7, 11) is 1.72. The second-order valence-corrected chi connectivity index (χ2v) is 8.81. The second-order valence-electron chi connectivity index (χ2n) is 7.67. The highest BCUT2D eigenvalue weighted by Crippen LogP contribution is 2.37. The van der Waals surface area contributed by atoms with Crippen molar-refractivity contribution in [3.63, 3.8) is 0 Å². The molecule has 1 unspecified atom stereocenters. The van der Waals surface area contributed by atoms with Gasteiger partial charge in [-0.1, -0.05) is 12.1 Å². The lowest BCUT2D eigenvalue weighted by molar-refractivity contribution is 0.224. The molecule has 5 rings (SSSR count). The Balaban J connectivity index is 1.32. The van der Waals surface area contributed by atoms with Crippen LogP contribution in [0.1, 0.15) is 53.6 Å². The van der Waals surface area contributed by atoms with E-state index in [0.29, 0.717) is 24.4 Å². The summed E-state index contributed by atoms with van der Waals surface area (Å²) in [4.78, 5) is 5.06. The molecule has 2 aliphatic rings. The zero-order valence-corrected chi connectivity index (χ0v) is 17.0. The normalized spacial score (nSPS) is 19.7. The molecule has 1 aromatic carbocycles. The minimum Gasteiger partial charge on any atom is -0.497 e. The Kier molecular flexibility index (Phi) is 4.91. The fourth-order valence-electron chi connectivity index (χ4n) is 4.43. The summed E-state index contributed by atoms with van der Waals surface area (Å²) in [6, 6.07) is 11.0. The van der Waals surface area contributed by atoms with Gasteiger partial charge in [-0.05, 0) is 74.4 Å². The summed E-state index contributed by atoms with van der Waals surface area (Å²) in [6.07, 6.45) is 7.29. The van der Waals surface area contributed by atoms with Crippen LogP contribution in [0.15, 0.2) is 34.7 Å². The van der Waals surface area contributed by atoms with E-state index < -0.39 is 0 Å². The Morgan fingerprint density at radius 3 is 3.00 bits per heavy atom. The Morgan fingerprint density at radius 2 is 2.11 bits per heavy atom. The van der Waals surface area contributed by atoms with Gasteiger partial charge in [0, 0.05) is 10.9 Å². The van der Waals surface area contributed by atoms with Crippen molar-refractivity contribution in [3.8, 4) is 16.5 Å². The fraction of sp³-hybridized carbons (Fsp3) is 0.455. The van der Waals surface area contributed by atoms with Crippen molar-refractivity contribution in [1.82, 2.24) is 15.1 Å². The van der Waals surface area contributed by atoms with Gasteiger partial charge in [-0.15, -0.1) is 21.5 Å². The molecule has 6 heteroatoms. The van der Waals surface area contributed by atoms with Gasteiger partial charge in [-0.25, -0.2) is 0 Å². The molecule has 1 aliphatic heterocycles. The molecule has 0 radical (unpaired) electrons. The van der Waals surface area contributed by atoms with Gasteiger partial charge in [0.1, 0.15) is 5.75 Å². The van der Waals surface area contributed by atoms with E-state index in [-0.39, 0.29) is 0 Å². The maximum absolute atomic E-state index is 6.06. The fourth-order valence-corrected chi connectivity index (χ4v) is 5.60. The van der Waals surface area contributed by atoms with Crippen LogP contribution in [0.4, 0.5) is 0 Å². The van der Waals surface area contributed by atoms with Crippen molar-refractivity contribution in [1.29, 1.82) is 0 Å². The van der Waals surface area contributed by atoms with Crippen molar-refractivity contribution in [2.75, 3.05) is 13.7 Å². The first kappa shape index (κ1) is 17.9. The molecule has 1 aliphatic carbocycles. The molecule has 2 aromatic heterocycles. The summed E-state index contributed by atoms with van der Waals surface area (Å²) in [5, 5.41) is 8.69. The minimum absolute atomic E-state index is 0.375. The van der Waals surface area contributed by atoms with Crippen LogP contribution in [0.2, 0.25) is 0 Å². The lowest BCUT2D eigenvalue weighted by Crippen LogP contribution is -2.23. The van der Waals surface area contributed by atoms with Gasteiger partial charge in [-0.3, -0.25) is 4.90 Å². The van der Waals surface area contributed by atoms with Crippen LogP contribution in [0.3, 0.4) is 0 Å². The first-order valence-corrected chi connectivity index (χ1v) is 10.9. The molecule has 28 heavy (non-hydrogen) atoms. The van der Waals surface area contributed by atoms with E-state index in [4.69, 9.17) is 9.15 Å². The molecule has 1 fully saturated rings. The Labute approximate surface area is 169 Å². The quantitative estimate of drug-likeness (QED) is 0.607. The average Bonchev–Trinajstić information content (AvgIpc) is 3.47. The first-order chi connectivity index (χ1) is 13.8. The average molecular weight is 396 g/mol. The number of likely N-dealkylation sites (tertiary alicyclic amines) is 1. The smallest absolute Gasteiger partial charge is 0.257 e. The third-order valence-electron chi connectivity index (χ3n) is 5.85. The predicted octanol–water partition coefficient (Wildman–Crippen LogP) is 5.02. The molecular formula is C22H25N3O2S. The molecule has 1 saturated heterocycles. The van der Waals surface area contributed by atoms with Crippen LogP contribution >= 0.6 is 11.3 Å². The summed E-state index contributed by atoms with van der Waals surface area (Å²) >= 11 is 1.82. The van der Waals surface area contributed by atoms with Crippen molar-refractivity contribution in [2.24, 2.45) is 0 Å². The maximum atomic E-state index is 6.06. The Morgan fingerprint density at radius 1 is 1.18 bits per heavy atom. The van der Waals surface area contributed by atoms with E-state index in [2.05, 4.69) is 39.4 Å². The van der Waals surface area contributed by atoms with Crippen molar-refractivity contribution < 1.29 is 9.15 Å². The molecule has 0 saturated carbocycles. The van der Waals surface area contributed by atoms with Crippen LogP contribution in [-0.4, -0.2) is 28.8 Å². The maximum Gasteiger partial charge on any atom is 0.257 e. The summed E-state index contributed by atoms with van der Waals surface area (Å²) in [5.74, 6) is 2.29. The number of fused-ring (bicyclic) bond motifs is 1. The van der Waals surface area contributed by atoms with E-state index in [9.17, 15) is 0 Å². The van der Waals surface area contributed by atoms with Crippen LogP contribution in [0.5, 0.6) is 5.75 Å². The molecule has 0 spiro atoms. The minimum atomic E-state index is 0.375. The number of nitrogens with zero attached hydrogens (tertiary/aromatic N) is 3. The first-order valence-electron chi connectivity index (χ1n) is 10.1. The third kappa shape index (κ3) is 3.47. The Hall–Kier alpha value is -2.18. The van der Waals surface area contributed by atoms with Crippen molar-refractivity contribution in [2.45, 2.75) is 51.1 Å². The number of aromatic nitrogens is 2. The number of hydrogen-bond acceptors (Lipinski definition) is 6.